The molecule has 154 valence electrons. The fourth-order valence-electron chi connectivity index (χ4n) is 3.20. The van der Waals surface area contributed by atoms with Gasteiger partial charge < -0.3 is 14.4 Å². The van der Waals surface area contributed by atoms with Crippen molar-refractivity contribution in [2.24, 2.45) is 10.3 Å². The van der Waals surface area contributed by atoms with Gasteiger partial charge in [-0.3, -0.25) is 0 Å². The minimum absolute atomic E-state index is 0.0921. The molecule has 0 aromatic heterocycles. The van der Waals surface area contributed by atoms with Gasteiger partial charge in [0.15, 0.2) is 5.71 Å². The quantitative estimate of drug-likeness (QED) is 0.289. The van der Waals surface area contributed by atoms with Crippen molar-refractivity contribution in [1.82, 2.24) is 0 Å². The zero-order valence-electron chi connectivity index (χ0n) is 17.9. The first-order chi connectivity index (χ1) is 13.9. The van der Waals surface area contributed by atoms with Gasteiger partial charge in [0.05, 0.1) is 22.3 Å². The van der Waals surface area contributed by atoms with E-state index in [4.69, 9.17) is 14.4 Å². The highest BCUT2D eigenvalue weighted by Gasteiger charge is 2.20. The maximum absolute atomic E-state index is 12.1. The Morgan fingerprint density at radius 2 is 1.72 bits per heavy atom. The predicted octanol–water partition coefficient (Wildman–Crippen LogP) is 2.61. The van der Waals surface area contributed by atoms with Crippen LogP contribution in [-0.2, 0) is 25.8 Å². The van der Waals surface area contributed by atoms with Crippen LogP contribution in [0.5, 0.6) is 0 Å². The number of nitrogens with zero attached hydrogens (tertiary/aromatic N) is 2. The van der Waals surface area contributed by atoms with Crippen LogP contribution in [0, 0.1) is 13.8 Å². The van der Waals surface area contributed by atoms with Crippen molar-refractivity contribution >= 4 is 32.1 Å². The van der Waals surface area contributed by atoms with E-state index in [2.05, 4.69) is 42.0 Å². The van der Waals surface area contributed by atoms with Gasteiger partial charge >= 0.3 is 5.97 Å². The Balaban J connectivity index is 2.31. The van der Waals surface area contributed by atoms with Gasteiger partial charge in [0.2, 0.25) is 0 Å². The number of carbonyl (C=O) groups excluding carboxylic acids is 1. The van der Waals surface area contributed by atoms with Crippen molar-refractivity contribution < 1.29 is 19.2 Å². The van der Waals surface area contributed by atoms with Crippen molar-refractivity contribution in [2.45, 2.75) is 33.9 Å². The van der Waals surface area contributed by atoms with E-state index < -0.39 is 5.97 Å². The number of hydrogen-bond donors (Lipinski definition) is 0. The van der Waals surface area contributed by atoms with Crippen molar-refractivity contribution in [3.05, 3.63) is 64.2 Å². The number of carbonyl (C=O) groups is 1. The van der Waals surface area contributed by atoms with E-state index in [9.17, 15) is 4.79 Å². The fraction of sp³-hybridized carbons (Fsp3) is 0.318. The van der Waals surface area contributed by atoms with Crippen LogP contribution < -0.4 is 5.19 Å². The Kier molecular flexibility index (Phi) is 8.15. The van der Waals surface area contributed by atoms with Gasteiger partial charge in [0.1, 0.15) is 13.7 Å². The number of aryl methyl sites for hydroxylation is 1. The highest BCUT2D eigenvalue weighted by Crippen LogP contribution is 2.18. The first-order valence-electron chi connectivity index (χ1n) is 9.48. The molecule has 0 spiro atoms. The molecule has 0 aliphatic carbocycles. The van der Waals surface area contributed by atoms with E-state index in [1.807, 2.05) is 26.0 Å². The van der Waals surface area contributed by atoms with Gasteiger partial charge in [0.25, 0.3) is 0 Å². The third kappa shape index (κ3) is 5.32. The Morgan fingerprint density at radius 3 is 2.38 bits per heavy atom. The molecule has 2 aromatic carbocycles. The minimum atomic E-state index is -0.574. The number of hydrogen-bond acceptors (Lipinski definition) is 6. The largest absolute Gasteiger partial charge is 0.464 e. The van der Waals surface area contributed by atoms with E-state index in [-0.39, 0.29) is 21.8 Å². The Morgan fingerprint density at radius 1 is 1.03 bits per heavy atom. The van der Waals surface area contributed by atoms with Gasteiger partial charge in [-0.05, 0) is 31.9 Å². The molecule has 0 N–H and O–H groups in total. The zero-order chi connectivity index (χ0) is 21.4. The molecule has 0 saturated heterocycles. The van der Waals surface area contributed by atoms with Crippen molar-refractivity contribution in [2.75, 3.05) is 14.2 Å². The topological polar surface area (TPSA) is 69.5 Å². The van der Waals surface area contributed by atoms with Gasteiger partial charge in [-0.2, -0.15) is 0 Å². The summed E-state index contributed by atoms with van der Waals surface area (Å²) in [6.45, 7) is 8.48. The predicted molar refractivity (Wildman–Crippen MR) is 119 cm³/mol. The van der Waals surface area contributed by atoms with Crippen molar-refractivity contribution in [3.63, 3.8) is 0 Å². The summed E-state index contributed by atoms with van der Waals surface area (Å²) in [5.74, 6) is -0.574. The molecular formula is C22H28N2O4Si. The molecule has 0 bridgehead atoms. The molecule has 0 fully saturated rings. The number of oxime groups is 2. The van der Waals surface area contributed by atoms with Crippen LogP contribution in [0.4, 0.5) is 0 Å². The average Bonchev–Trinajstić information content (AvgIpc) is 2.72. The summed E-state index contributed by atoms with van der Waals surface area (Å²) in [7, 11) is 2.44. The molecule has 0 aliphatic heterocycles. The second kappa shape index (κ2) is 10.6. The molecule has 0 amide bonds. The SMILES string of the molecule is CO/N=C(/C(=O)OC)c1cccc(C)c1CO/N=C(\C)c1cccc([SiH2]C)c1C. The highest BCUT2D eigenvalue weighted by molar-refractivity contribution is 6.52. The van der Waals surface area contributed by atoms with E-state index in [1.54, 1.807) is 6.07 Å². The monoisotopic (exact) mass is 412 g/mol. The lowest BCUT2D eigenvalue weighted by Gasteiger charge is -2.13. The third-order valence-corrected chi connectivity index (χ3v) is 6.38. The number of methoxy groups -OCH3 is 1. The summed E-state index contributed by atoms with van der Waals surface area (Å²) in [5.41, 5.74) is 5.63. The van der Waals surface area contributed by atoms with Gasteiger partial charge in [-0.25, -0.2) is 4.79 Å². The lowest BCUT2D eigenvalue weighted by molar-refractivity contribution is -0.132. The molecule has 6 nitrogen and oxygen atoms in total. The van der Waals surface area contributed by atoms with E-state index in [0.717, 1.165) is 22.4 Å². The second-order valence-corrected chi connectivity index (χ2v) is 8.08. The summed E-state index contributed by atoms with van der Waals surface area (Å²) in [6, 6.07) is 11.9. The lowest BCUT2D eigenvalue weighted by Crippen LogP contribution is -2.20. The minimum Gasteiger partial charge on any atom is -0.464 e. The van der Waals surface area contributed by atoms with Crippen LogP contribution in [0.1, 0.15) is 34.7 Å². The Bertz CT molecular complexity index is 938. The van der Waals surface area contributed by atoms with E-state index >= 15 is 0 Å². The van der Waals surface area contributed by atoms with Crippen molar-refractivity contribution in [3.8, 4) is 0 Å². The summed E-state index contributed by atoms with van der Waals surface area (Å²) in [5, 5.41) is 9.59. The maximum atomic E-state index is 12.1. The molecule has 0 heterocycles. The second-order valence-electron chi connectivity index (χ2n) is 6.61. The molecular weight excluding hydrogens is 384 g/mol. The molecule has 0 radical (unpaired) electrons. The molecule has 0 aliphatic rings. The standard InChI is InChI=1S/C22H28N2O4Si/c1-14-9-7-11-18(21(24-27-5)22(25)26-4)19(14)13-28-23-16(3)17-10-8-12-20(29-6)15(17)2/h7-12H,13,29H2,1-6H3/b23-16+,24-21+. The highest BCUT2D eigenvalue weighted by atomic mass is 28.2. The molecule has 0 unspecified atom stereocenters. The third-order valence-electron chi connectivity index (χ3n) is 4.85. The smallest absolute Gasteiger partial charge is 0.360 e. The number of rotatable bonds is 8. The van der Waals surface area contributed by atoms with E-state index in [1.165, 1.54) is 25.0 Å². The Labute approximate surface area is 174 Å². The molecule has 0 atom stereocenters. The maximum Gasteiger partial charge on any atom is 0.360 e. The van der Waals surface area contributed by atoms with Crippen LogP contribution in [0.25, 0.3) is 0 Å². The summed E-state index contributed by atoms with van der Waals surface area (Å²) < 4.78 is 4.83. The zero-order valence-corrected chi connectivity index (χ0v) is 19.3. The van der Waals surface area contributed by atoms with Crippen LogP contribution in [0.15, 0.2) is 46.7 Å². The molecule has 29 heavy (non-hydrogen) atoms. The number of esters is 1. The summed E-state index contributed by atoms with van der Waals surface area (Å²) in [4.78, 5) is 22.6. The van der Waals surface area contributed by atoms with Crippen LogP contribution >= 0.6 is 0 Å². The van der Waals surface area contributed by atoms with Gasteiger partial charge in [0, 0.05) is 16.7 Å². The molecule has 2 aromatic rings. The fourth-order valence-corrected chi connectivity index (χ4v) is 4.29. The average molecular weight is 413 g/mol. The van der Waals surface area contributed by atoms with Crippen LogP contribution in [0.2, 0.25) is 6.55 Å². The molecule has 7 heteroatoms. The summed E-state index contributed by atoms with van der Waals surface area (Å²) in [6.07, 6.45) is 0. The first-order valence-corrected chi connectivity index (χ1v) is 11.6. The van der Waals surface area contributed by atoms with Crippen molar-refractivity contribution in [1.29, 1.82) is 0 Å². The van der Waals surface area contributed by atoms with Gasteiger partial charge in [-0.15, -0.1) is 0 Å². The van der Waals surface area contributed by atoms with E-state index in [0.29, 0.717) is 5.56 Å². The lowest BCUT2D eigenvalue weighted by atomic mass is 9.99. The molecule has 2 rings (SSSR count). The summed E-state index contributed by atoms with van der Waals surface area (Å²) >= 11 is 0. The normalized spacial score (nSPS) is 12.3. The van der Waals surface area contributed by atoms with Gasteiger partial charge in [-0.1, -0.05) is 58.4 Å². The molecule has 0 saturated carbocycles. The number of benzene rings is 2. The van der Waals surface area contributed by atoms with Crippen LogP contribution in [-0.4, -0.2) is 41.1 Å². The Hall–Kier alpha value is -2.93. The first kappa shape index (κ1) is 22.4. The number of ether oxygens (including phenoxy) is 1. The van der Waals surface area contributed by atoms with Crippen LogP contribution in [0.3, 0.4) is 0 Å².